The summed E-state index contributed by atoms with van der Waals surface area (Å²) in [7, 11) is 0. The molecule has 1 aliphatic rings. The summed E-state index contributed by atoms with van der Waals surface area (Å²) in [5, 5.41) is 6.86. The number of aromatic nitrogens is 1. The number of piperazine rings is 1. The normalized spacial score (nSPS) is 17.1. The zero-order chi connectivity index (χ0) is 15.2. The van der Waals surface area contributed by atoms with E-state index in [1.165, 1.54) is 30.5 Å². The quantitative estimate of drug-likeness (QED) is 0.839. The van der Waals surface area contributed by atoms with Gasteiger partial charge in [-0.25, -0.2) is 4.98 Å². The molecule has 2 rings (SSSR count). The number of anilines is 1. The molecule has 21 heavy (non-hydrogen) atoms. The Bertz CT molecular complexity index is 408. The predicted octanol–water partition coefficient (Wildman–Crippen LogP) is 2.67. The van der Waals surface area contributed by atoms with Crippen molar-refractivity contribution in [1.29, 1.82) is 0 Å². The molecule has 0 radical (unpaired) electrons. The molecule has 1 aromatic rings. The van der Waals surface area contributed by atoms with E-state index in [0.717, 1.165) is 32.1 Å². The Morgan fingerprint density at radius 3 is 2.48 bits per heavy atom. The van der Waals surface area contributed by atoms with Crippen LogP contribution in [0.2, 0.25) is 0 Å². The monoisotopic (exact) mass is 310 g/mol. The van der Waals surface area contributed by atoms with Crippen LogP contribution in [0.15, 0.2) is 5.38 Å². The number of thiazole rings is 1. The fourth-order valence-corrected chi connectivity index (χ4v) is 3.53. The van der Waals surface area contributed by atoms with Crippen LogP contribution < -0.4 is 10.2 Å². The van der Waals surface area contributed by atoms with Gasteiger partial charge in [0.15, 0.2) is 5.13 Å². The van der Waals surface area contributed by atoms with Gasteiger partial charge in [0.05, 0.1) is 5.69 Å². The SMILES string of the molecule is CC(C)CNCc1csc(N2CCN(CC(C)C)CC2)n1. The largest absolute Gasteiger partial charge is 0.346 e. The van der Waals surface area contributed by atoms with Gasteiger partial charge in [0.2, 0.25) is 0 Å². The molecular formula is C16H30N4S. The molecule has 1 fully saturated rings. The van der Waals surface area contributed by atoms with Gasteiger partial charge in [-0.1, -0.05) is 27.7 Å². The molecular weight excluding hydrogens is 280 g/mol. The lowest BCUT2D eigenvalue weighted by atomic mass is 10.2. The number of hydrogen-bond donors (Lipinski definition) is 1. The van der Waals surface area contributed by atoms with Crippen LogP contribution in [0, 0.1) is 11.8 Å². The molecule has 5 heteroatoms. The van der Waals surface area contributed by atoms with E-state index in [-0.39, 0.29) is 0 Å². The Hall–Kier alpha value is -0.650. The first-order valence-electron chi connectivity index (χ1n) is 8.17. The van der Waals surface area contributed by atoms with Gasteiger partial charge in [-0.15, -0.1) is 11.3 Å². The lowest BCUT2D eigenvalue weighted by Crippen LogP contribution is -2.47. The third kappa shape index (κ3) is 5.57. The second kappa shape index (κ2) is 8.11. The highest BCUT2D eigenvalue weighted by Crippen LogP contribution is 2.22. The minimum Gasteiger partial charge on any atom is -0.346 e. The smallest absolute Gasteiger partial charge is 0.185 e. The van der Waals surface area contributed by atoms with Crippen LogP contribution in [0.3, 0.4) is 0 Å². The third-order valence-corrected chi connectivity index (χ3v) is 4.61. The summed E-state index contributed by atoms with van der Waals surface area (Å²) in [6.07, 6.45) is 0. The summed E-state index contributed by atoms with van der Waals surface area (Å²) >= 11 is 1.79. The second-order valence-corrected chi connectivity index (χ2v) is 7.66. The van der Waals surface area contributed by atoms with Crippen LogP contribution in [0.5, 0.6) is 0 Å². The van der Waals surface area contributed by atoms with E-state index >= 15 is 0 Å². The van der Waals surface area contributed by atoms with Crippen molar-refractivity contribution in [1.82, 2.24) is 15.2 Å². The molecule has 2 heterocycles. The second-order valence-electron chi connectivity index (χ2n) is 6.83. The highest BCUT2D eigenvalue weighted by Gasteiger charge is 2.19. The van der Waals surface area contributed by atoms with Gasteiger partial charge in [0, 0.05) is 44.6 Å². The van der Waals surface area contributed by atoms with Crippen LogP contribution in [-0.2, 0) is 6.54 Å². The Balaban J connectivity index is 1.77. The van der Waals surface area contributed by atoms with E-state index < -0.39 is 0 Å². The van der Waals surface area contributed by atoms with Crippen molar-refractivity contribution in [2.24, 2.45) is 11.8 Å². The van der Waals surface area contributed by atoms with Gasteiger partial charge in [0.1, 0.15) is 0 Å². The van der Waals surface area contributed by atoms with Crippen LogP contribution >= 0.6 is 11.3 Å². The number of nitrogens with zero attached hydrogens (tertiary/aromatic N) is 3. The average Bonchev–Trinajstić information content (AvgIpc) is 2.87. The number of nitrogens with one attached hydrogen (secondary N) is 1. The van der Waals surface area contributed by atoms with Gasteiger partial charge < -0.3 is 10.2 Å². The summed E-state index contributed by atoms with van der Waals surface area (Å²) in [6.45, 7) is 16.8. The van der Waals surface area contributed by atoms with Gasteiger partial charge in [-0.05, 0) is 18.4 Å². The van der Waals surface area contributed by atoms with Crippen molar-refractivity contribution in [2.45, 2.75) is 34.2 Å². The summed E-state index contributed by atoms with van der Waals surface area (Å²) in [5.74, 6) is 1.45. The summed E-state index contributed by atoms with van der Waals surface area (Å²) < 4.78 is 0. The highest BCUT2D eigenvalue weighted by molar-refractivity contribution is 7.13. The summed E-state index contributed by atoms with van der Waals surface area (Å²) in [6, 6.07) is 0. The van der Waals surface area contributed by atoms with E-state index in [9.17, 15) is 0 Å². The molecule has 120 valence electrons. The topological polar surface area (TPSA) is 31.4 Å². The summed E-state index contributed by atoms with van der Waals surface area (Å²) in [5.41, 5.74) is 1.18. The Morgan fingerprint density at radius 2 is 1.86 bits per heavy atom. The van der Waals surface area contributed by atoms with Crippen LogP contribution in [0.4, 0.5) is 5.13 Å². The van der Waals surface area contributed by atoms with Gasteiger partial charge >= 0.3 is 0 Å². The maximum atomic E-state index is 4.78. The first-order valence-corrected chi connectivity index (χ1v) is 9.05. The van der Waals surface area contributed by atoms with Crippen molar-refractivity contribution in [2.75, 3.05) is 44.2 Å². The lowest BCUT2D eigenvalue weighted by molar-refractivity contribution is 0.231. The van der Waals surface area contributed by atoms with E-state index in [4.69, 9.17) is 4.98 Å². The van der Waals surface area contributed by atoms with E-state index in [1.807, 2.05) is 0 Å². The number of hydrogen-bond acceptors (Lipinski definition) is 5. The van der Waals surface area contributed by atoms with Gasteiger partial charge in [-0.2, -0.15) is 0 Å². The van der Waals surface area contributed by atoms with Crippen LogP contribution in [0.1, 0.15) is 33.4 Å². The molecule has 0 bridgehead atoms. The molecule has 1 N–H and O–H groups in total. The molecule has 0 aromatic carbocycles. The van der Waals surface area contributed by atoms with E-state index in [2.05, 4.69) is 48.2 Å². The van der Waals surface area contributed by atoms with Crippen LogP contribution in [0.25, 0.3) is 0 Å². The molecule has 0 saturated carbocycles. The lowest BCUT2D eigenvalue weighted by Gasteiger charge is -2.35. The molecule has 0 atom stereocenters. The standard InChI is InChI=1S/C16H30N4S/c1-13(2)9-17-10-15-12-21-16(18-15)20-7-5-19(6-8-20)11-14(3)4/h12-14,17H,5-11H2,1-4H3. The minimum absolute atomic E-state index is 0.692. The molecule has 0 amide bonds. The van der Waals surface area contributed by atoms with Gasteiger partial charge in [0.25, 0.3) is 0 Å². The molecule has 0 spiro atoms. The molecule has 0 aliphatic carbocycles. The van der Waals surface area contributed by atoms with Crippen molar-refractivity contribution < 1.29 is 0 Å². The molecule has 0 unspecified atom stereocenters. The zero-order valence-corrected chi connectivity index (χ0v) is 14.7. The Morgan fingerprint density at radius 1 is 1.14 bits per heavy atom. The van der Waals surface area contributed by atoms with Crippen molar-refractivity contribution in [3.05, 3.63) is 11.1 Å². The molecule has 4 nitrogen and oxygen atoms in total. The first kappa shape index (κ1) is 16.7. The predicted molar refractivity (Wildman–Crippen MR) is 92.1 cm³/mol. The summed E-state index contributed by atoms with van der Waals surface area (Å²) in [4.78, 5) is 9.79. The third-order valence-electron chi connectivity index (χ3n) is 3.66. The fourth-order valence-electron chi connectivity index (χ4n) is 2.65. The zero-order valence-electron chi connectivity index (χ0n) is 13.9. The van der Waals surface area contributed by atoms with E-state index in [0.29, 0.717) is 5.92 Å². The van der Waals surface area contributed by atoms with Crippen molar-refractivity contribution >= 4 is 16.5 Å². The maximum absolute atomic E-state index is 4.78. The Kier molecular flexibility index (Phi) is 6.45. The highest BCUT2D eigenvalue weighted by atomic mass is 32.1. The maximum Gasteiger partial charge on any atom is 0.185 e. The molecule has 1 aliphatic heterocycles. The molecule has 1 aromatic heterocycles. The average molecular weight is 311 g/mol. The fraction of sp³-hybridized carbons (Fsp3) is 0.812. The van der Waals surface area contributed by atoms with E-state index in [1.54, 1.807) is 11.3 Å². The van der Waals surface area contributed by atoms with Crippen LogP contribution in [-0.4, -0.2) is 49.2 Å². The molecule has 1 saturated heterocycles. The first-order chi connectivity index (χ1) is 10.0. The van der Waals surface area contributed by atoms with Crippen molar-refractivity contribution in [3.8, 4) is 0 Å². The Labute approximate surface area is 133 Å². The minimum atomic E-state index is 0.692. The van der Waals surface area contributed by atoms with Crippen molar-refractivity contribution in [3.63, 3.8) is 0 Å². The van der Waals surface area contributed by atoms with Gasteiger partial charge in [-0.3, -0.25) is 4.90 Å². The number of rotatable bonds is 7.